The van der Waals surface area contributed by atoms with Gasteiger partial charge in [-0.05, 0) is 24.7 Å². The average Bonchev–Trinajstić information content (AvgIpc) is 2.74. The van der Waals surface area contributed by atoms with Crippen molar-refractivity contribution >= 4 is 11.9 Å². The van der Waals surface area contributed by atoms with Crippen LogP contribution in [-0.2, 0) is 9.59 Å². The highest BCUT2D eigenvalue weighted by atomic mass is 19.4. The molecule has 2 aliphatic rings. The molecule has 0 saturated heterocycles. The third-order valence-corrected chi connectivity index (χ3v) is 3.36. The first kappa shape index (κ1) is 11.2. The Hall–Kier alpha value is -1.27. The highest BCUT2D eigenvalue weighted by Gasteiger charge is 2.62. The van der Waals surface area contributed by atoms with Gasteiger partial charge in [0.1, 0.15) is 0 Å². The number of hydrogen-bond donors (Lipinski definition) is 2. The minimum absolute atomic E-state index is 0.0592. The molecule has 0 bridgehead atoms. The maximum Gasteiger partial charge on any atom is 0.471 e. The average molecular weight is 237 g/mol. The van der Waals surface area contributed by atoms with E-state index in [0.717, 1.165) is 0 Å². The Balaban J connectivity index is 1.94. The molecule has 4 nitrogen and oxygen atoms in total. The minimum atomic E-state index is -4.90. The van der Waals surface area contributed by atoms with Crippen LogP contribution in [0, 0.1) is 17.8 Å². The van der Waals surface area contributed by atoms with Crippen LogP contribution < -0.4 is 5.32 Å². The van der Waals surface area contributed by atoms with Crippen LogP contribution in [0.3, 0.4) is 0 Å². The van der Waals surface area contributed by atoms with Crippen molar-refractivity contribution in [3.8, 4) is 0 Å². The smallest absolute Gasteiger partial charge is 0.471 e. The number of carbonyl (C=O) groups is 2. The highest BCUT2D eigenvalue weighted by Crippen LogP contribution is 2.57. The van der Waals surface area contributed by atoms with Crippen LogP contribution in [0.2, 0.25) is 0 Å². The molecule has 90 valence electrons. The normalized spacial score (nSPS) is 36.7. The summed E-state index contributed by atoms with van der Waals surface area (Å²) < 4.78 is 35.9. The summed E-state index contributed by atoms with van der Waals surface area (Å²) in [4.78, 5) is 21.3. The SMILES string of the molecule is O=C(O)C1C2CCC(NC(=O)C(F)(F)F)C21. The quantitative estimate of drug-likeness (QED) is 0.745. The van der Waals surface area contributed by atoms with E-state index < -0.39 is 30.0 Å². The van der Waals surface area contributed by atoms with Crippen molar-refractivity contribution in [2.24, 2.45) is 17.8 Å². The van der Waals surface area contributed by atoms with E-state index in [4.69, 9.17) is 5.11 Å². The Bertz CT molecular complexity index is 341. The monoisotopic (exact) mass is 237 g/mol. The van der Waals surface area contributed by atoms with E-state index in [1.807, 2.05) is 5.32 Å². The predicted molar refractivity (Wildman–Crippen MR) is 45.3 cm³/mol. The molecule has 0 aromatic heterocycles. The maximum atomic E-state index is 12.0. The Kier molecular flexibility index (Phi) is 2.36. The van der Waals surface area contributed by atoms with Crippen molar-refractivity contribution in [1.29, 1.82) is 0 Å². The fraction of sp³-hybridized carbons (Fsp3) is 0.778. The van der Waals surface area contributed by atoms with Gasteiger partial charge in [-0.25, -0.2) is 0 Å². The molecule has 2 aliphatic carbocycles. The lowest BCUT2D eigenvalue weighted by atomic mass is 10.1. The summed E-state index contributed by atoms with van der Waals surface area (Å²) >= 11 is 0. The van der Waals surface area contributed by atoms with Gasteiger partial charge in [-0.1, -0.05) is 0 Å². The third kappa shape index (κ3) is 1.74. The summed E-state index contributed by atoms with van der Waals surface area (Å²) in [7, 11) is 0. The van der Waals surface area contributed by atoms with Crippen LogP contribution in [0.5, 0.6) is 0 Å². The van der Waals surface area contributed by atoms with Crippen molar-refractivity contribution in [1.82, 2.24) is 5.32 Å². The Morgan fingerprint density at radius 2 is 1.88 bits per heavy atom. The van der Waals surface area contributed by atoms with E-state index in [1.54, 1.807) is 0 Å². The number of carbonyl (C=O) groups excluding carboxylic acids is 1. The van der Waals surface area contributed by atoms with Crippen LogP contribution in [0.1, 0.15) is 12.8 Å². The lowest BCUT2D eigenvalue weighted by Gasteiger charge is -2.16. The zero-order chi connectivity index (χ0) is 12.1. The largest absolute Gasteiger partial charge is 0.481 e. The van der Waals surface area contributed by atoms with Gasteiger partial charge in [0.2, 0.25) is 0 Å². The van der Waals surface area contributed by atoms with Crippen LogP contribution in [-0.4, -0.2) is 29.2 Å². The van der Waals surface area contributed by atoms with Gasteiger partial charge in [0.05, 0.1) is 5.92 Å². The molecule has 2 saturated carbocycles. The Morgan fingerprint density at radius 3 is 2.31 bits per heavy atom. The van der Waals surface area contributed by atoms with E-state index in [-0.39, 0.29) is 11.8 Å². The summed E-state index contributed by atoms with van der Waals surface area (Å²) in [6, 6.07) is -0.639. The first-order valence-electron chi connectivity index (χ1n) is 4.93. The summed E-state index contributed by atoms with van der Waals surface area (Å²) in [5.41, 5.74) is 0. The standard InChI is InChI=1S/C9H10F3NO3/c10-9(11,12)8(16)13-4-2-1-3-5(4)6(3)7(14)15/h3-6H,1-2H2,(H,13,16)(H,14,15). The lowest BCUT2D eigenvalue weighted by Crippen LogP contribution is -2.43. The van der Waals surface area contributed by atoms with Gasteiger partial charge in [-0.2, -0.15) is 13.2 Å². The Morgan fingerprint density at radius 1 is 1.25 bits per heavy atom. The molecule has 4 unspecified atom stereocenters. The molecule has 7 heteroatoms. The Labute approximate surface area is 88.8 Å². The molecule has 2 rings (SSSR count). The van der Waals surface area contributed by atoms with E-state index in [1.165, 1.54) is 0 Å². The minimum Gasteiger partial charge on any atom is -0.481 e. The van der Waals surface area contributed by atoms with Crippen LogP contribution in [0.25, 0.3) is 0 Å². The van der Waals surface area contributed by atoms with Gasteiger partial charge in [-0.15, -0.1) is 0 Å². The van der Waals surface area contributed by atoms with Crippen molar-refractivity contribution in [3.63, 3.8) is 0 Å². The number of halogens is 3. The fourth-order valence-corrected chi connectivity index (χ4v) is 2.65. The molecule has 0 spiro atoms. The number of fused-ring (bicyclic) bond motifs is 1. The lowest BCUT2D eigenvalue weighted by molar-refractivity contribution is -0.174. The maximum absolute atomic E-state index is 12.0. The molecule has 0 aromatic carbocycles. The number of alkyl halides is 3. The molecular weight excluding hydrogens is 227 g/mol. The zero-order valence-corrected chi connectivity index (χ0v) is 8.12. The van der Waals surface area contributed by atoms with Gasteiger partial charge in [0.25, 0.3) is 0 Å². The summed E-state index contributed by atoms with van der Waals surface area (Å²) in [6.07, 6.45) is -3.89. The summed E-state index contributed by atoms with van der Waals surface area (Å²) in [5.74, 6) is -3.91. The topological polar surface area (TPSA) is 66.4 Å². The molecule has 2 fully saturated rings. The first-order chi connectivity index (χ1) is 7.32. The second kappa shape index (κ2) is 3.36. The highest BCUT2D eigenvalue weighted by molar-refractivity contribution is 5.82. The molecule has 0 aromatic rings. The molecule has 0 radical (unpaired) electrons. The van der Waals surface area contributed by atoms with Crippen LogP contribution in [0.15, 0.2) is 0 Å². The van der Waals surface area contributed by atoms with Gasteiger partial charge in [0, 0.05) is 6.04 Å². The van der Waals surface area contributed by atoms with Crippen molar-refractivity contribution in [2.45, 2.75) is 25.1 Å². The van der Waals surface area contributed by atoms with Crippen molar-refractivity contribution in [3.05, 3.63) is 0 Å². The molecule has 4 atom stereocenters. The van der Waals surface area contributed by atoms with Gasteiger partial charge in [-0.3, -0.25) is 9.59 Å². The predicted octanol–water partition coefficient (Wildman–Crippen LogP) is 0.774. The second-order valence-corrected chi connectivity index (χ2v) is 4.26. The first-order valence-corrected chi connectivity index (χ1v) is 4.93. The number of nitrogens with one attached hydrogen (secondary N) is 1. The van der Waals surface area contributed by atoms with Crippen LogP contribution >= 0.6 is 0 Å². The van der Waals surface area contributed by atoms with E-state index in [0.29, 0.717) is 12.8 Å². The van der Waals surface area contributed by atoms with Crippen molar-refractivity contribution < 1.29 is 27.9 Å². The number of rotatable bonds is 2. The summed E-state index contributed by atoms with van der Waals surface area (Å²) in [6.45, 7) is 0. The molecule has 0 heterocycles. The molecular formula is C9H10F3NO3. The summed E-state index contributed by atoms with van der Waals surface area (Å²) in [5, 5.41) is 10.6. The van der Waals surface area contributed by atoms with E-state index in [2.05, 4.69) is 0 Å². The van der Waals surface area contributed by atoms with Crippen molar-refractivity contribution in [2.75, 3.05) is 0 Å². The van der Waals surface area contributed by atoms with Crippen LogP contribution in [0.4, 0.5) is 13.2 Å². The van der Waals surface area contributed by atoms with E-state index >= 15 is 0 Å². The fourth-order valence-electron chi connectivity index (χ4n) is 2.65. The number of aliphatic carboxylic acids is 1. The molecule has 2 N–H and O–H groups in total. The second-order valence-electron chi connectivity index (χ2n) is 4.26. The van der Waals surface area contributed by atoms with Gasteiger partial charge in [0.15, 0.2) is 0 Å². The number of amides is 1. The zero-order valence-electron chi connectivity index (χ0n) is 8.12. The van der Waals surface area contributed by atoms with E-state index in [9.17, 15) is 22.8 Å². The number of carboxylic acid groups (broad SMARTS) is 1. The third-order valence-electron chi connectivity index (χ3n) is 3.36. The number of carboxylic acids is 1. The molecule has 0 aliphatic heterocycles. The number of hydrogen-bond acceptors (Lipinski definition) is 2. The van der Waals surface area contributed by atoms with Gasteiger partial charge < -0.3 is 10.4 Å². The van der Waals surface area contributed by atoms with Gasteiger partial charge >= 0.3 is 18.1 Å². The molecule has 16 heavy (non-hydrogen) atoms. The molecule has 1 amide bonds.